The van der Waals surface area contributed by atoms with E-state index < -0.39 is 10.0 Å². The Balaban J connectivity index is 1.29. The van der Waals surface area contributed by atoms with Crippen LogP contribution in [0, 0.1) is 5.92 Å². The number of benzene rings is 3. The molecular weight excluding hydrogens is 476 g/mol. The highest BCUT2D eigenvalue weighted by Crippen LogP contribution is 2.23. The summed E-state index contributed by atoms with van der Waals surface area (Å²) >= 11 is 3.36. The summed E-state index contributed by atoms with van der Waals surface area (Å²) in [6, 6.07) is 21.6. The van der Waals surface area contributed by atoms with Gasteiger partial charge >= 0.3 is 0 Å². The van der Waals surface area contributed by atoms with Gasteiger partial charge in [0.15, 0.2) is 0 Å². The van der Waals surface area contributed by atoms with Crippen LogP contribution in [0.15, 0.2) is 71.2 Å². The SMILES string of the molecule is O=C(NCc1ccc2ccccc2c1)C1CCN(S(=O)(=O)Cc2ccc(Br)cc2)CC1. The Kier molecular flexibility index (Phi) is 6.74. The molecule has 7 heteroatoms. The standard InChI is InChI=1S/C24H25BrN2O3S/c25-23-9-6-18(7-10-23)17-31(29,30)27-13-11-21(12-14-27)24(28)26-16-19-5-8-20-3-1-2-4-22(20)15-19/h1-10,15,21H,11-14,16-17H2,(H,26,28). The molecule has 0 radical (unpaired) electrons. The number of halogens is 1. The molecule has 0 bridgehead atoms. The van der Waals surface area contributed by atoms with E-state index >= 15 is 0 Å². The Hall–Kier alpha value is -2.22. The first-order chi connectivity index (χ1) is 14.9. The molecule has 3 aromatic rings. The first-order valence-electron chi connectivity index (χ1n) is 10.4. The molecule has 1 aliphatic heterocycles. The molecule has 31 heavy (non-hydrogen) atoms. The number of nitrogens with zero attached hydrogens (tertiary/aromatic N) is 1. The van der Waals surface area contributed by atoms with E-state index in [4.69, 9.17) is 0 Å². The topological polar surface area (TPSA) is 66.5 Å². The number of hydrogen-bond acceptors (Lipinski definition) is 3. The molecule has 1 heterocycles. The Morgan fingerprint density at radius 1 is 0.935 bits per heavy atom. The van der Waals surface area contributed by atoms with Crippen LogP contribution in [0.4, 0.5) is 0 Å². The minimum Gasteiger partial charge on any atom is -0.352 e. The molecule has 0 atom stereocenters. The Morgan fingerprint density at radius 2 is 1.58 bits per heavy atom. The van der Waals surface area contributed by atoms with Crippen molar-refractivity contribution in [2.45, 2.75) is 25.1 Å². The predicted octanol–water partition coefficient (Wildman–Crippen LogP) is 4.46. The van der Waals surface area contributed by atoms with Gasteiger partial charge in [0, 0.05) is 30.0 Å². The zero-order valence-electron chi connectivity index (χ0n) is 17.1. The zero-order chi connectivity index (χ0) is 21.8. The molecule has 162 valence electrons. The van der Waals surface area contributed by atoms with Crippen LogP contribution in [0.1, 0.15) is 24.0 Å². The molecule has 1 saturated heterocycles. The average Bonchev–Trinajstić information content (AvgIpc) is 2.79. The van der Waals surface area contributed by atoms with Crippen LogP contribution >= 0.6 is 15.9 Å². The Morgan fingerprint density at radius 3 is 2.29 bits per heavy atom. The highest BCUT2D eigenvalue weighted by molar-refractivity contribution is 9.10. The van der Waals surface area contributed by atoms with Crippen LogP contribution in [-0.4, -0.2) is 31.7 Å². The van der Waals surface area contributed by atoms with E-state index in [1.165, 1.54) is 9.69 Å². The van der Waals surface area contributed by atoms with Crippen LogP contribution in [0.25, 0.3) is 10.8 Å². The number of rotatable bonds is 6. The molecule has 1 fully saturated rings. The first kappa shape index (κ1) is 22.0. The Bertz CT molecular complexity index is 1170. The summed E-state index contributed by atoms with van der Waals surface area (Å²) in [5.41, 5.74) is 1.82. The highest BCUT2D eigenvalue weighted by atomic mass is 79.9. The lowest BCUT2D eigenvalue weighted by atomic mass is 9.97. The number of carbonyl (C=O) groups excluding carboxylic acids is 1. The van der Waals surface area contributed by atoms with Crippen molar-refractivity contribution in [3.8, 4) is 0 Å². The van der Waals surface area contributed by atoms with Gasteiger partial charge < -0.3 is 5.32 Å². The molecular formula is C24H25BrN2O3S. The number of nitrogens with one attached hydrogen (secondary N) is 1. The predicted molar refractivity (Wildman–Crippen MR) is 127 cm³/mol. The Labute approximate surface area is 191 Å². The fourth-order valence-electron chi connectivity index (χ4n) is 3.96. The zero-order valence-corrected chi connectivity index (χ0v) is 19.5. The molecule has 0 unspecified atom stereocenters. The smallest absolute Gasteiger partial charge is 0.223 e. The lowest BCUT2D eigenvalue weighted by Crippen LogP contribution is -2.43. The largest absolute Gasteiger partial charge is 0.352 e. The summed E-state index contributed by atoms with van der Waals surface area (Å²) in [6.07, 6.45) is 1.09. The van der Waals surface area contributed by atoms with E-state index in [1.807, 2.05) is 42.5 Å². The minimum atomic E-state index is -3.39. The second-order valence-corrected chi connectivity index (χ2v) is 10.8. The van der Waals surface area contributed by atoms with Crippen molar-refractivity contribution in [2.75, 3.05) is 13.1 Å². The number of piperidine rings is 1. The van der Waals surface area contributed by atoms with Crippen LogP contribution in [0.5, 0.6) is 0 Å². The quantitative estimate of drug-likeness (QED) is 0.543. The lowest BCUT2D eigenvalue weighted by Gasteiger charge is -2.30. The van der Waals surface area contributed by atoms with Crippen molar-refractivity contribution in [3.05, 3.63) is 82.3 Å². The van der Waals surface area contributed by atoms with Gasteiger partial charge in [0.2, 0.25) is 15.9 Å². The normalized spacial score (nSPS) is 15.8. The number of hydrogen-bond donors (Lipinski definition) is 1. The van der Waals surface area contributed by atoms with Crippen LogP contribution < -0.4 is 5.32 Å². The fourth-order valence-corrected chi connectivity index (χ4v) is 5.79. The molecule has 4 rings (SSSR count). The second-order valence-electron chi connectivity index (χ2n) is 7.96. The number of carbonyl (C=O) groups is 1. The summed E-state index contributed by atoms with van der Waals surface area (Å²) in [4.78, 5) is 12.6. The third kappa shape index (κ3) is 5.53. The van der Waals surface area contributed by atoms with Crippen molar-refractivity contribution in [1.82, 2.24) is 9.62 Å². The van der Waals surface area contributed by atoms with Gasteiger partial charge in [-0.3, -0.25) is 4.79 Å². The molecule has 5 nitrogen and oxygen atoms in total. The molecule has 1 N–H and O–H groups in total. The van der Waals surface area contributed by atoms with Gasteiger partial charge in [-0.05, 0) is 52.9 Å². The highest BCUT2D eigenvalue weighted by Gasteiger charge is 2.31. The fraction of sp³-hybridized carbons (Fsp3) is 0.292. The lowest BCUT2D eigenvalue weighted by molar-refractivity contribution is -0.126. The third-order valence-corrected chi connectivity index (χ3v) is 8.14. The summed E-state index contributed by atoms with van der Waals surface area (Å²) in [5, 5.41) is 5.35. The monoisotopic (exact) mass is 500 g/mol. The van der Waals surface area contributed by atoms with Crippen LogP contribution in [0.3, 0.4) is 0 Å². The van der Waals surface area contributed by atoms with E-state index in [9.17, 15) is 13.2 Å². The third-order valence-electron chi connectivity index (χ3n) is 5.76. The average molecular weight is 501 g/mol. The molecule has 0 saturated carbocycles. The number of sulfonamides is 1. The maximum atomic E-state index is 12.7. The van der Waals surface area contributed by atoms with Gasteiger partial charge in [0.25, 0.3) is 0 Å². The number of amides is 1. The molecule has 0 aliphatic carbocycles. The molecule has 0 aromatic heterocycles. The molecule has 1 aliphatic rings. The molecule has 0 spiro atoms. The first-order valence-corrected chi connectivity index (χ1v) is 12.8. The molecule has 1 amide bonds. The van der Waals surface area contributed by atoms with E-state index in [0.717, 1.165) is 21.0 Å². The number of fused-ring (bicyclic) bond motifs is 1. The maximum Gasteiger partial charge on any atom is 0.223 e. The van der Waals surface area contributed by atoms with E-state index in [2.05, 4.69) is 45.5 Å². The van der Waals surface area contributed by atoms with Gasteiger partial charge in [0.05, 0.1) is 5.75 Å². The minimum absolute atomic E-state index is 0.00174. The van der Waals surface area contributed by atoms with Crippen molar-refractivity contribution in [1.29, 1.82) is 0 Å². The van der Waals surface area contributed by atoms with Crippen molar-refractivity contribution in [3.63, 3.8) is 0 Å². The summed E-state index contributed by atoms with van der Waals surface area (Å²) < 4.78 is 27.9. The van der Waals surface area contributed by atoms with E-state index in [1.54, 1.807) is 0 Å². The second kappa shape index (κ2) is 9.51. The summed E-state index contributed by atoms with van der Waals surface area (Å²) in [7, 11) is -3.39. The summed E-state index contributed by atoms with van der Waals surface area (Å²) in [6.45, 7) is 1.24. The van der Waals surface area contributed by atoms with Crippen molar-refractivity contribution < 1.29 is 13.2 Å². The van der Waals surface area contributed by atoms with Gasteiger partial charge in [0.1, 0.15) is 0 Å². The molecule has 3 aromatic carbocycles. The maximum absolute atomic E-state index is 12.7. The summed E-state index contributed by atoms with van der Waals surface area (Å²) in [5.74, 6) is -0.170. The van der Waals surface area contributed by atoms with Crippen LogP contribution in [-0.2, 0) is 27.1 Å². The van der Waals surface area contributed by atoms with Gasteiger partial charge in [-0.2, -0.15) is 0 Å². The van der Waals surface area contributed by atoms with Gasteiger partial charge in [-0.25, -0.2) is 12.7 Å². The van der Waals surface area contributed by atoms with E-state index in [0.29, 0.717) is 32.5 Å². The van der Waals surface area contributed by atoms with Crippen LogP contribution in [0.2, 0.25) is 0 Å². The van der Waals surface area contributed by atoms with E-state index in [-0.39, 0.29) is 17.6 Å². The van der Waals surface area contributed by atoms with Gasteiger partial charge in [-0.1, -0.05) is 64.5 Å². The van der Waals surface area contributed by atoms with Crippen molar-refractivity contribution >= 4 is 42.6 Å². The van der Waals surface area contributed by atoms with Crippen molar-refractivity contribution in [2.24, 2.45) is 5.92 Å². The van der Waals surface area contributed by atoms with Gasteiger partial charge in [-0.15, -0.1) is 0 Å².